The lowest BCUT2D eigenvalue weighted by atomic mass is 9.87. The van der Waals surface area contributed by atoms with E-state index in [9.17, 15) is 24.8 Å². The number of hydrogen-bond acceptors (Lipinski definition) is 14. The Morgan fingerprint density at radius 1 is 0.910 bits per heavy atom. The van der Waals surface area contributed by atoms with E-state index in [4.69, 9.17) is 19.8 Å². The fraction of sp³-hybridized carbons (Fsp3) is 0.396. The number of rotatable bonds is 11. The summed E-state index contributed by atoms with van der Waals surface area (Å²) in [5, 5.41) is 36.0. The van der Waals surface area contributed by atoms with Gasteiger partial charge >= 0.3 is 0 Å². The number of benzene rings is 1. The van der Waals surface area contributed by atoms with Gasteiger partial charge in [0.05, 0.1) is 53.7 Å². The van der Waals surface area contributed by atoms with Crippen molar-refractivity contribution in [2.24, 2.45) is 0 Å². The third-order valence-corrected chi connectivity index (χ3v) is 13.5. The number of imide groups is 1. The lowest BCUT2D eigenvalue weighted by Crippen LogP contribution is -2.49. The van der Waals surface area contributed by atoms with E-state index in [0.29, 0.717) is 98.0 Å². The van der Waals surface area contributed by atoms with Gasteiger partial charge in [0.25, 0.3) is 0 Å². The lowest BCUT2D eigenvalue weighted by Gasteiger charge is -2.40. The van der Waals surface area contributed by atoms with Crippen LogP contribution in [0.1, 0.15) is 69.4 Å². The number of anilines is 3. The summed E-state index contributed by atoms with van der Waals surface area (Å²) in [4.78, 5) is 57.3. The van der Waals surface area contributed by atoms with Gasteiger partial charge in [-0.3, -0.25) is 24.4 Å². The fourth-order valence-electron chi connectivity index (χ4n) is 9.61. The Morgan fingerprint density at radius 2 is 1.73 bits per heavy atom. The molecule has 5 aromatic heterocycles. The topological polar surface area (TPSA) is 212 Å². The Labute approximate surface area is 385 Å². The number of nitriles is 1. The maximum Gasteiger partial charge on any atom is 0.249 e. The largest absolute Gasteiger partial charge is 0.474 e. The Bertz CT molecular complexity index is 2820. The van der Waals surface area contributed by atoms with Crippen molar-refractivity contribution in [3.63, 3.8) is 0 Å². The fourth-order valence-corrected chi connectivity index (χ4v) is 9.61. The molecule has 0 radical (unpaired) electrons. The molecular formula is C48H50FN13O5. The smallest absolute Gasteiger partial charge is 0.249 e. The van der Waals surface area contributed by atoms with Gasteiger partial charge in [-0.25, -0.2) is 23.9 Å². The van der Waals surface area contributed by atoms with Crippen LogP contribution < -0.4 is 25.2 Å². The minimum atomic E-state index is -1.20. The Morgan fingerprint density at radius 3 is 2.45 bits per heavy atom. The Kier molecular flexibility index (Phi) is 11.9. The van der Waals surface area contributed by atoms with Crippen LogP contribution in [0.4, 0.5) is 21.6 Å². The van der Waals surface area contributed by atoms with Crippen LogP contribution >= 0.6 is 0 Å². The number of nitrogens with one attached hydrogen (secondary N) is 2. The van der Waals surface area contributed by atoms with Crippen molar-refractivity contribution >= 4 is 40.4 Å². The molecule has 1 unspecified atom stereocenters. The van der Waals surface area contributed by atoms with Crippen molar-refractivity contribution in [2.45, 2.75) is 81.6 Å². The Balaban J connectivity index is 0.736. The molecule has 3 amide bonds. The predicted octanol–water partition coefficient (Wildman–Crippen LogP) is 4.91. The molecule has 0 saturated carbocycles. The molecule has 0 spiro atoms. The van der Waals surface area contributed by atoms with Crippen LogP contribution in [0.3, 0.4) is 0 Å². The van der Waals surface area contributed by atoms with Gasteiger partial charge in [0.1, 0.15) is 40.9 Å². The zero-order valence-electron chi connectivity index (χ0n) is 36.8. The average molecular weight is 908 g/mol. The molecule has 4 aliphatic rings. The molecule has 4 fully saturated rings. The van der Waals surface area contributed by atoms with Gasteiger partial charge in [0.2, 0.25) is 23.6 Å². The van der Waals surface area contributed by atoms with E-state index in [0.717, 1.165) is 42.9 Å². The summed E-state index contributed by atoms with van der Waals surface area (Å²) < 4.78 is 25.0. The molecule has 3 N–H and O–H groups in total. The molecule has 0 aliphatic carbocycles. The van der Waals surface area contributed by atoms with Crippen molar-refractivity contribution in [2.75, 3.05) is 54.4 Å². The quantitative estimate of drug-likeness (QED) is 0.148. The van der Waals surface area contributed by atoms with E-state index in [2.05, 4.69) is 31.7 Å². The number of aromatic nitrogens is 7. The van der Waals surface area contributed by atoms with Crippen molar-refractivity contribution in [3.8, 4) is 34.5 Å². The molecular weight excluding hydrogens is 858 g/mol. The first-order chi connectivity index (χ1) is 32.6. The minimum absolute atomic E-state index is 0.00815. The molecule has 0 bridgehead atoms. The van der Waals surface area contributed by atoms with Gasteiger partial charge in [-0.05, 0) is 68.5 Å². The minimum Gasteiger partial charge on any atom is -0.474 e. The second kappa shape index (κ2) is 18.4. The Hall–Kier alpha value is -7.46. The van der Waals surface area contributed by atoms with Gasteiger partial charge in [-0.1, -0.05) is 6.07 Å². The van der Waals surface area contributed by atoms with E-state index in [1.54, 1.807) is 41.4 Å². The zero-order chi connectivity index (χ0) is 46.1. The molecule has 6 aromatic rings. The summed E-state index contributed by atoms with van der Waals surface area (Å²) in [6, 6.07) is 16.0. The molecule has 4 saturated heterocycles. The highest BCUT2D eigenvalue weighted by atomic mass is 19.1. The summed E-state index contributed by atoms with van der Waals surface area (Å²) in [6.45, 7) is 3.38. The van der Waals surface area contributed by atoms with Crippen molar-refractivity contribution in [3.05, 3.63) is 97.1 Å². The molecule has 4 aliphatic heterocycles. The van der Waals surface area contributed by atoms with E-state index in [1.165, 1.54) is 12.3 Å². The molecule has 1 atom stereocenters. The number of halogens is 1. The summed E-state index contributed by atoms with van der Waals surface area (Å²) in [5.41, 5.74) is 3.37. The number of amides is 3. The second-order valence-corrected chi connectivity index (χ2v) is 17.8. The average Bonchev–Trinajstić information content (AvgIpc) is 4.02. The summed E-state index contributed by atoms with van der Waals surface area (Å²) >= 11 is 0. The van der Waals surface area contributed by atoms with E-state index >= 15 is 4.39 Å². The molecule has 10 rings (SSSR count). The number of aliphatic hydroxyl groups is 1. The SMILES string of the molecule is N#Cc1cnn2cc(-c3cnn(C4CCN(C(=O)CC5(O)CCN(c6ccc(NC7CCC(=O)NC7=O)cc6F)CC5)CC4)c3)nc(-c3ccc(N4CCC(Oc5ccccn5)CC4)nc3)c12. The monoisotopic (exact) mass is 907 g/mol. The van der Waals surface area contributed by atoms with Crippen molar-refractivity contribution in [1.29, 1.82) is 5.26 Å². The number of hydrogen-bond donors (Lipinski definition) is 3. The molecule has 344 valence electrons. The van der Waals surface area contributed by atoms with Crippen LogP contribution in [0.25, 0.3) is 28.0 Å². The highest BCUT2D eigenvalue weighted by Gasteiger charge is 2.37. The predicted molar refractivity (Wildman–Crippen MR) is 244 cm³/mol. The van der Waals surface area contributed by atoms with Crippen LogP contribution in [-0.4, -0.2) is 119 Å². The standard InChI is InChI=1S/C48H50FN13O5/c49-37-23-34(55-38-6-9-42(63)57-47(38)65)5-7-40(37)58-21-14-48(66,15-22-58)24-44(64)60-17-10-35(11-18-60)61-29-33(28-53-61)39-30-62-46(32(25-50)27-54-62)45(56-39)31-4-8-41(52-26-31)59-19-12-36(13-20-59)67-43-3-1-2-16-51-43/h1-5,7-8,16,23,26-30,35-36,38,55,66H,6,9-15,17-22,24H2,(H,57,63,65). The highest BCUT2D eigenvalue weighted by Crippen LogP contribution is 2.35. The van der Waals surface area contributed by atoms with Crippen molar-refractivity contribution < 1.29 is 28.6 Å². The number of nitrogens with zero attached hydrogens (tertiary/aromatic N) is 11. The number of carbonyl (C=O) groups is 3. The second-order valence-electron chi connectivity index (χ2n) is 17.8. The van der Waals surface area contributed by atoms with Gasteiger partial charge in [-0.2, -0.15) is 15.5 Å². The van der Waals surface area contributed by atoms with Crippen LogP contribution in [0, 0.1) is 17.1 Å². The third-order valence-electron chi connectivity index (χ3n) is 13.5. The molecule has 18 nitrogen and oxygen atoms in total. The number of piperidine rings is 4. The first-order valence-electron chi connectivity index (χ1n) is 22.8. The van der Waals surface area contributed by atoms with Gasteiger partial charge in [0, 0.05) is 100 Å². The van der Waals surface area contributed by atoms with E-state index in [1.807, 2.05) is 51.0 Å². The van der Waals surface area contributed by atoms with Crippen LogP contribution in [0.15, 0.2) is 85.7 Å². The number of pyridine rings is 2. The van der Waals surface area contributed by atoms with Gasteiger partial charge in [0.15, 0.2) is 0 Å². The number of fused-ring (bicyclic) bond motifs is 1. The number of carbonyl (C=O) groups excluding carboxylic acids is 3. The molecule has 1 aromatic carbocycles. The molecule has 19 heteroatoms. The summed E-state index contributed by atoms with van der Waals surface area (Å²) in [7, 11) is 0. The van der Waals surface area contributed by atoms with E-state index in [-0.39, 0.29) is 36.8 Å². The summed E-state index contributed by atoms with van der Waals surface area (Å²) in [6.07, 6.45) is 14.9. The third kappa shape index (κ3) is 9.34. The number of ether oxygens (including phenoxy) is 1. The lowest BCUT2D eigenvalue weighted by molar-refractivity contribution is -0.139. The van der Waals surface area contributed by atoms with Crippen LogP contribution in [0.2, 0.25) is 0 Å². The maximum absolute atomic E-state index is 15.3. The molecule has 9 heterocycles. The summed E-state index contributed by atoms with van der Waals surface area (Å²) in [5.74, 6) is 0.176. The van der Waals surface area contributed by atoms with Gasteiger partial charge < -0.3 is 29.9 Å². The normalized spacial score (nSPS) is 19.3. The van der Waals surface area contributed by atoms with Crippen LogP contribution in [-0.2, 0) is 14.4 Å². The van der Waals surface area contributed by atoms with Crippen LogP contribution in [0.5, 0.6) is 5.88 Å². The number of likely N-dealkylation sites (tertiary alicyclic amines) is 1. The highest BCUT2D eigenvalue weighted by molar-refractivity contribution is 6.01. The maximum atomic E-state index is 15.3. The van der Waals surface area contributed by atoms with E-state index < -0.39 is 23.4 Å². The van der Waals surface area contributed by atoms with Gasteiger partial charge in [-0.15, -0.1) is 0 Å². The molecule has 67 heavy (non-hydrogen) atoms. The van der Waals surface area contributed by atoms with Crippen molar-refractivity contribution in [1.82, 2.24) is 44.6 Å². The zero-order valence-corrected chi connectivity index (χ0v) is 36.8. The first kappa shape index (κ1) is 43.4. The first-order valence-corrected chi connectivity index (χ1v) is 22.8.